The van der Waals surface area contributed by atoms with Crippen molar-refractivity contribution in [3.05, 3.63) is 34.9 Å². The Bertz CT molecular complexity index is 492. The normalized spacial score (nSPS) is 20.5. The summed E-state index contributed by atoms with van der Waals surface area (Å²) < 4.78 is 5.77. The Morgan fingerprint density at radius 1 is 1.38 bits per heavy atom. The molecule has 1 aromatic rings. The van der Waals surface area contributed by atoms with Crippen LogP contribution in [0, 0.1) is 13.8 Å². The molecule has 21 heavy (non-hydrogen) atoms. The summed E-state index contributed by atoms with van der Waals surface area (Å²) in [5, 5.41) is 0. The molecule has 2 unspecified atom stereocenters. The number of carbonyl (C=O) groups is 1. The zero-order chi connectivity index (χ0) is 15.4. The molecule has 0 spiro atoms. The summed E-state index contributed by atoms with van der Waals surface area (Å²) in [4.78, 5) is 14.8. The molecular weight excluding hydrogens is 262 g/mol. The first-order chi connectivity index (χ1) is 9.99. The van der Waals surface area contributed by atoms with Crippen LogP contribution in [0.15, 0.2) is 18.2 Å². The molecule has 0 aromatic heterocycles. The Balaban J connectivity index is 2.02. The fourth-order valence-corrected chi connectivity index (χ4v) is 2.86. The first-order valence-electron chi connectivity index (χ1n) is 7.92. The van der Waals surface area contributed by atoms with Crippen LogP contribution in [-0.2, 0) is 4.74 Å². The first kappa shape index (κ1) is 16.2. The topological polar surface area (TPSA) is 29.5 Å². The highest BCUT2D eigenvalue weighted by Crippen LogP contribution is 2.18. The Morgan fingerprint density at radius 3 is 2.81 bits per heavy atom. The fourth-order valence-electron chi connectivity index (χ4n) is 2.86. The van der Waals surface area contributed by atoms with E-state index in [1.165, 1.54) is 6.42 Å². The van der Waals surface area contributed by atoms with E-state index in [0.29, 0.717) is 0 Å². The van der Waals surface area contributed by atoms with E-state index in [1.807, 2.05) is 40.0 Å². The molecule has 116 valence electrons. The molecular formula is C18H27NO2. The highest BCUT2D eigenvalue weighted by atomic mass is 16.5. The third-order valence-electron chi connectivity index (χ3n) is 4.46. The van der Waals surface area contributed by atoms with Gasteiger partial charge in [0.15, 0.2) is 5.78 Å². The van der Waals surface area contributed by atoms with E-state index in [0.717, 1.165) is 42.7 Å². The first-order valence-corrected chi connectivity index (χ1v) is 7.92. The quantitative estimate of drug-likeness (QED) is 0.778. The maximum atomic E-state index is 12.7. The number of likely N-dealkylation sites (N-methyl/N-ethyl adjacent to an activating group) is 1. The average Bonchev–Trinajstić information content (AvgIpc) is 2.49. The monoisotopic (exact) mass is 289 g/mol. The van der Waals surface area contributed by atoms with Crippen molar-refractivity contribution in [1.82, 2.24) is 4.90 Å². The zero-order valence-corrected chi connectivity index (χ0v) is 13.7. The molecule has 2 atom stereocenters. The van der Waals surface area contributed by atoms with Crippen molar-refractivity contribution in [2.24, 2.45) is 0 Å². The van der Waals surface area contributed by atoms with Crippen LogP contribution in [0.4, 0.5) is 0 Å². The van der Waals surface area contributed by atoms with Crippen LogP contribution in [0.2, 0.25) is 0 Å². The van der Waals surface area contributed by atoms with Crippen LogP contribution in [-0.4, -0.2) is 43.0 Å². The highest BCUT2D eigenvalue weighted by Gasteiger charge is 2.24. The number of ether oxygens (including phenoxy) is 1. The molecule has 1 aliphatic rings. The molecule has 0 bridgehead atoms. The third kappa shape index (κ3) is 4.14. The predicted molar refractivity (Wildman–Crippen MR) is 85.9 cm³/mol. The predicted octanol–water partition coefficient (Wildman–Crippen LogP) is 3.38. The number of aryl methyl sites for hydroxylation is 2. The van der Waals surface area contributed by atoms with Crippen molar-refractivity contribution in [3.63, 3.8) is 0 Å². The second kappa shape index (κ2) is 7.19. The van der Waals surface area contributed by atoms with Gasteiger partial charge in [0.1, 0.15) is 0 Å². The summed E-state index contributed by atoms with van der Waals surface area (Å²) in [6, 6.07) is 5.96. The number of Topliss-reactive ketones (excluding diaryl/α,β-unsaturated/α-hetero) is 1. The Labute approximate surface area is 128 Å². The molecule has 0 aliphatic carbocycles. The van der Waals surface area contributed by atoms with E-state index in [4.69, 9.17) is 4.74 Å². The average molecular weight is 289 g/mol. The van der Waals surface area contributed by atoms with Crippen LogP contribution in [0.5, 0.6) is 0 Å². The minimum atomic E-state index is -0.115. The van der Waals surface area contributed by atoms with Crippen molar-refractivity contribution in [2.75, 3.05) is 20.2 Å². The molecule has 3 nitrogen and oxygen atoms in total. The maximum Gasteiger partial charge on any atom is 0.179 e. The number of rotatable bonds is 5. The van der Waals surface area contributed by atoms with E-state index in [9.17, 15) is 4.79 Å². The third-order valence-corrected chi connectivity index (χ3v) is 4.46. The van der Waals surface area contributed by atoms with Crippen LogP contribution >= 0.6 is 0 Å². The van der Waals surface area contributed by atoms with E-state index in [-0.39, 0.29) is 17.9 Å². The van der Waals surface area contributed by atoms with Crippen LogP contribution in [0.1, 0.15) is 47.7 Å². The Kier molecular flexibility index (Phi) is 5.54. The molecule has 1 saturated heterocycles. The van der Waals surface area contributed by atoms with Gasteiger partial charge in [0.25, 0.3) is 0 Å². The summed E-state index contributed by atoms with van der Waals surface area (Å²) >= 11 is 0. The molecule has 1 aliphatic heterocycles. The molecule has 0 saturated carbocycles. The number of carbonyl (C=O) groups excluding carboxylic acids is 1. The molecule has 0 radical (unpaired) electrons. The van der Waals surface area contributed by atoms with Gasteiger partial charge in [-0.2, -0.15) is 0 Å². The second-order valence-electron chi connectivity index (χ2n) is 6.29. The van der Waals surface area contributed by atoms with Gasteiger partial charge in [-0.3, -0.25) is 9.69 Å². The van der Waals surface area contributed by atoms with Gasteiger partial charge < -0.3 is 4.74 Å². The molecule has 3 heteroatoms. The van der Waals surface area contributed by atoms with Crippen molar-refractivity contribution < 1.29 is 9.53 Å². The molecule has 1 heterocycles. The van der Waals surface area contributed by atoms with Gasteiger partial charge in [0.05, 0.1) is 12.1 Å². The lowest BCUT2D eigenvalue weighted by Crippen LogP contribution is -2.42. The SMILES string of the molecule is Cc1ccc(C)c(C(=O)C(C)N(C)CC2CCCCO2)c1. The number of hydrogen-bond acceptors (Lipinski definition) is 3. The number of benzene rings is 1. The smallest absolute Gasteiger partial charge is 0.179 e. The molecule has 1 aromatic carbocycles. The number of hydrogen-bond donors (Lipinski definition) is 0. The van der Waals surface area contributed by atoms with Gasteiger partial charge in [-0.1, -0.05) is 17.7 Å². The Hall–Kier alpha value is -1.19. The number of ketones is 1. The van der Waals surface area contributed by atoms with Crippen LogP contribution in [0.25, 0.3) is 0 Å². The Morgan fingerprint density at radius 2 is 2.14 bits per heavy atom. The largest absolute Gasteiger partial charge is 0.377 e. The summed E-state index contributed by atoms with van der Waals surface area (Å²) in [5.41, 5.74) is 3.04. The van der Waals surface area contributed by atoms with Crippen LogP contribution in [0.3, 0.4) is 0 Å². The lowest BCUT2D eigenvalue weighted by Gasteiger charge is -2.30. The van der Waals surface area contributed by atoms with E-state index in [2.05, 4.69) is 11.0 Å². The van der Waals surface area contributed by atoms with Gasteiger partial charge >= 0.3 is 0 Å². The minimum Gasteiger partial charge on any atom is -0.377 e. The lowest BCUT2D eigenvalue weighted by atomic mass is 9.97. The second-order valence-corrected chi connectivity index (χ2v) is 6.29. The summed E-state index contributed by atoms with van der Waals surface area (Å²) in [5.74, 6) is 0.203. The summed E-state index contributed by atoms with van der Waals surface area (Å²) in [6.07, 6.45) is 3.78. The van der Waals surface area contributed by atoms with Crippen LogP contribution < -0.4 is 0 Å². The van der Waals surface area contributed by atoms with Crippen molar-refractivity contribution in [1.29, 1.82) is 0 Å². The molecule has 0 amide bonds. The van der Waals surface area contributed by atoms with E-state index in [1.54, 1.807) is 0 Å². The van der Waals surface area contributed by atoms with E-state index >= 15 is 0 Å². The minimum absolute atomic E-state index is 0.115. The molecule has 2 rings (SSSR count). The number of nitrogens with zero attached hydrogens (tertiary/aromatic N) is 1. The summed E-state index contributed by atoms with van der Waals surface area (Å²) in [6.45, 7) is 7.71. The fraction of sp³-hybridized carbons (Fsp3) is 0.611. The molecule has 0 N–H and O–H groups in total. The highest BCUT2D eigenvalue weighted by molar-refractivity contribution is 6.01. The lowest BCUT2D eigenvalue weighted by molar-refractivity contribution is -0.00577. The maximum absolute atomic E-state index is 12.7. The van der Waals surface area contributed by atoms with Crippen molar-refractivity contribution in [3.8, 4) is 0 Å². The standard InChI is InChI=1S/C18H27NO2/c1-13-8-9-14(2)17(11-13)18(20)15(3)19(4)12-16-7-5-6-10-21-16/h8-9,11,15-16H,5-7,10,12H2,1-4H3. The van der Waals surface area contributed by atoms with Crippen molar-refractivity contribution >= 4 is 5.78 Å². The van der Waals surface area contributed by atoms with Gasteiger partial charge in [-0.25, -0.2) is 0 Å². The van der Waals surface area contributed by atoms with Gasteiger partial charge in [0.2, 0.25) is 0 Å². The van der Waals surface area contributed by atoms with Crippen molar-refractivity contribution in [2.45, 2.75) is 52.2 Å². The van der Waals surface area contributed by atoms with Gasteiger partial charge in [-0.15, -0.1) is 0 Å². The van der Waals surface area contributed by atoms with Gasteiger partial charge in [0, 0.05) is 18.7 Å². The van der Waals surface area contributed by atoms with E-state index < -0.39 is 0 Å². The summed E-state index contributed by atoms with van der Waals surface area (Å²) in [7, 11) is 2.02. The van der Waals surface area contributed by atoms with Gasteiger partial charge in [-0.05, 0) is 58.7 Å². The molecule has 1 fully saturated rings. The zero-order valence-electron chi connectivity index (χ0n) is 13.7.